The zero-order valence-corrected chi connectivity index (χ0v) is 21.5. The number of aromatic nitrogens is 1. The minimum absolute atomic E-state index is 0.179. The maximum absolute atomic E-state index is 13.0. The number of nitrogens with zero attached hydrogens (tertiary/aromatic N) is 3. The molecule has 3 aromatic rings. The molecule has 1 amide bonds. The summed E-state index contributed by atoms with van der Waals surface area (Å²) >= 11 is 1.39. The molecule has 0 atom stereocenters. The van der Waals surface area contributed by atoms with E-state index in [2.05, 4.69) is 11.6 Å². The smallest absolute Gasteiger partial charge is 0.279 e. The Kier molecular flexibility index (Phi) is 8.82. The van der Waals surface area contributed by atoms with Crippen LogP contribution >= 0.6 is 11.3 Å². The first kappa shape index (κ1) is 25.9. The maximum Gasteiger partial charge on any atom is 0.279 e. The molecule has 9 heteroatoms. The molecule has 2 aromatic carbocycles. The second kappa shape index (κ2) is 11.6. The van der Waals surface area contributed by atoms with Crippen LogP contribution in [0.15, 0.2) is 65.0 Å². The standard InChI is InChI=1S/C25H31N3O4S2/c1-5-15-27(16-6-2)34(30,31)21-12-9-19(10-13-21)24(29)26-25-28(17-7-3)22-14-11-20(32-8-4)18-23(22)33-25/h7,9-14,18H,3,5-6,8,15-17H2,1-2,4H3. The topological polar surface area (TPSA) is 81.0 Å². The Morgan fingerprint density at radius 1 is 1.12 bits per heavy atom. The second-order valence-electron chi connectivity index (χ2n) is 7.69. The average Bonchev–Trinajstić information content (AvgIpc) is 3.15. The third kappa shape index (κ3) is 5.65. The molecule has 0 radical (unpaired) electrons. The zero-order chi connectivity index (χ0) is 24.7. The molecule has 0 N–H and O–H groups in total. The molecule has 0 aliphatic heterocycles. The highest BCUT2D eigenvalue weighted by atomic mass is 32.2. The largest absolute Gasteiger partial charge is 0.494 e. The lowest BCUT2D eigenvalue weighted by Gasteiger charge is -2.21. The molecule has 0 spiro atoms. The third-order valence-corrected chi connectivity index (χ3v) is 8.11. The first-order chi connectivity index (χ1) is 16.3. The van der Waals surface area contributed by atoms with E-state index in [1.54, 1.807) is 6.08 Å². The molecule has 0 saturated heterocycles. The van der Waals surface area contributed by atoms with Gasteiger partial charge in [-0.2, -0.15) is 9.30 Å². The zero-order valence-electron chi connectivity index (χ0n) is 19.9. The number of hydrogen-bond donors (Lipinski definition) is 0. The van der Waals surface area contributed by atoms with E-state index >= 15 is 0 Å². The van der Waals surface area contributed by atoms with Gasteiger partial charge in [-0.15, -0.1) is 6.58 Å². The van der Waals surface area contributed by atoms with Crippen molar-refractivity contribution in [1.82, 2.24) is 8.87 Å². The van der Waals surface area contributed by atoms with Gasteiger partial charge < -0.3 is 9.30 Å². The molecule has 1 heterocycles. The molecule has 34 heavy (non-hydrogen) atoms. The van der Waals surface area contributed by atoms with Crippen LogP contribution in [0.25, 0.3) is 10.2 Å². The normalized spacial score (nSPS) is 12.4. The van der Waals surface area contributed by atoms with Crippen LogP contribution in [0.5, 0.6) is 5.75 Å². The Morgan fingerprint density at radius 2 is 1.79 bits per heavy atom. The lowest BCUT2D eigenvalue weighted by Crippen LogP contribution is -2.32. The molecular formula is C25H31N3O4S2. The summed E-state index contributed by atoms with van der Waals surface area (Å²) in [4.78, 5) is 18.0. The van der Waals surface area contributed by atoms with Crippen LogP contribution in [0, 0.1) is 0 Å². The van der Waals surface area contributed by atoms with Crippen molar-refractivity contribution in [2.45, 2.75) is 45.1 Å². The van der Waals surface area contributed by atoms with Crippen LogP contribution in [0.4, 0.5) is 0 Å². The van der Waals surface area contributed by atoms with E-state index in [1.165, 1.54) is 39.9 Å². The number of carbonyl (C=O) groups excluding carboxylic acids is 1. The monoisotopic (exact) mass is 501 g/mol. The number of benzene rings is 2. The molecular weight excluding hydrogens is 470 g/mol. The number of sulfonamides is 1. The highest BCUT2D eigenvalue weighted by molar-refractivity contribution is 7.89. The van der Waals surface area contributed by atoms with Crippen molar-refractivity contribution < 1.29 is 17.9 Å². The van der Waals surface area contributed by atoms with Gasteiger partial charge in [0, 0.05) is 25.2 Å². The molecule has 7 nitrogen and oxygen atoms in total. The van der Waals surface area contributed by atoms with Crippen LogP contribution in [-0.4, -0.2) is 42.9 Å². The van der Waals surface area contributed by atoms with Crippen molar-refractivity contribution in [3.63, 3.8) is 0 Å². The second-order valence-corrected chi connectivity index (χ2v) is 10.6. The van der Waals surface area contributed by atoms with E-state index in [-0.39, 0.29) is 4.90 Å². The Hall–Kier alpha value is -2.75. The summed E-state index contributed by atoms with van der Waals surface area (Å²) in [5, 5.41) is 0. The van der Waals surface area contributed by atoms with Crippen LogP contribution < -0.4 is 9.54 Å². The van der Waals surface area contributed by atoms with Crippen molar-refractivity contribution in [2.24, 2.45) is 4.99 Å². The highest BCUT2D eigenvalue weighted by Crippen LogP contribution is 2.24. The summed E-state index contributed by atoms with van der Waals surface area (Å²) in [7, 11) is -3.60. The van der Waals surface area contributed by atoms with Crippen LogP contribution in [0.1, 0.15) is 44.0 Å². The third-order valence-electron chi connectivity index (χ3n) is 5.16. The fourth-order valence-electron chi connectivity index (χ4n) is 3.62. The van der Waals surface area contributed by atoms with Gasteiger partial charge in [-0.05, 0) is 62.2 Å². The van der Waals surface area contributed by atoms with Gasteiger partial charge in [-0.25, -0.2) is 8.42 Å². The van der Waals surface area contributed by atoms with Crippen LogP contribution in [-0.2, 0) is 16.6 Å². The molecule has 0 unspecified atom stereocenters. The predicted molar refractivity (Wildman–Crippen MR) is 137 cm³/mol. The van der Waals surface area contributed by atoms with Crippen molar-refractivity contribution in [3.8, 4) is 5.75 Å². The molecule has 0 bridgehead atoms. The number of allylic oxidation sites excluding steroid dienone is 1. The molecule has 0 aliphatic carbocycles. The number of ether oxygens (including phenoxy) is 1. The van der Waals surface area contributed by atoms with E-state index in [1.807, 2.05) is 43.5 Å². The molecule has 0 saturated carbocycles. The minimum Gasteiger partial charge on any atom is -0.494 e. The van der Waals surface area contributed by atoms with E-state index in [4.69, 9.17) is 4.74 Å². The van der Waals surface area contributed by atoms with E-state index in [9.17, 15) is 13.2 Å². The quantitative estimate of drug-likeness (QED) is 0.352. The lowest BCUT2D eigenvalue weighted by molar-refractivity contribution is 0.0997. The summed E-state index contributed by atoms with van der Waals surface area (Å²) < 4.78 is 35.9. The van der Waals surface area contributed by atoms with Gasteiger partial charge in [0.2, 0.25) is 10.0 Å². The number of amides is 1. The van der Waals surface area contributed by atoms with Gasteiger partial charge >= 0.3 is 0 Å². The first-order valence-corrected chi connectivity index (χ1v) is 13.7. The van der Waals surface area contributed by atoms with Crippen molar-refractivity contribution in [2.75, 3.05) is 19.7 Å². The molecule has 0 fully saturated rings. The SMILES string of the molecule is C=CCn1c(=NC(=O)c2ccc(S(=O)(=O)N(CCC)CCC)cc2)sc2cc(OCC)ccc21. The van der Waals surface area contributed by atoms with Gasteiger partial charge in [0.1, 0.15) is 5.75 Å². The Morgan fingerprint density at radius 3 is 2.38 bits per heavy atom. The van der Waals surface area contributed by atoms with Crippen LogP contribution in [0.3, 0.4) is 0 Å². The first-order valence-electron chi connectivity index (χ1n) is 11.4. The number of thiazole rings is 1. The van der Waals surface area contributed by atoms with Crippen molar-refractivity contribution >= 4 is 37.5 Å². The number of hydrogen-bond acceptors (Lipinski definition) is 5. The molecule has 3 rings (SSSR count). The Labute approximate surface area is 205 Å². The average molecular weight is 502 g/mol. The molecule has 1 aromatic heterocycles. The summed E-state index contributed by atoms with van der Waals surface area (Å²) in [6, 6.07) is 11.8. The van der Waals surface area contributed by atoms with Gasteiger partial charge in [-0.1, -0.05) is 31.3 Å². The predicted octanol–water partition coefficient (Wildman–Crippen LogP) is 4.84. The molecule has 0 aliphatic rings. The van der Waals surface area contributed by atoms with Crippen molar-refractivity contribution in [3.05, 3.63) is 65.5 Å². The number of rotatable bonds is 11. The Bertz CT molecular complexity index is 1320. The molecule has 182 valence electrons. The van der Waals surface area contributed by atoms with Gasteiger partial charge in [-0.3, -0.25) is 4.79 Å². The summed E-state index contributed by atoms with van der Waals surface area (Å²) in [5.74, 6) is 0.328. The van der Waals surface area contributed by atoms with E-state index < -0.39 is 15.9 Å². The van der Waals surface area contributed by atoms with E-state index in [0.717, 1.165) is 28.8 Å². The van der Waals surface area contributed by atoms with Gasteiger partial charge in [0.05, 0.1) is 21.7 Å². The van der Waals surface area contributed by atoms with Gasteiger partial charge in [0.15, 0.2) is 4.80 Å². The summed E-state index contributed by atoms with van der Waals surface area (Å²) in [6.45, 7) is 11.6. The number of fused-ring (bicyclic) bond motifs is 1. The lowest BCUT2D eigenvalue weighted by atomic mass is 10.2. The highest BCUT2D eigenvalue weighted by Gasteiger charge is 2.23. The van der Waals surface area contributed by atoms with Crippen LogP contribution in [0.2, 0.25) is 0 Å². The van der Waals surface area contributed by atoms with Gasteiger partial charge in [0.25, 0.3) is 5.91 Å². The summed E-state index contributed by atoms with van der Waals surface area (Å²) in [6.07, 6.45) is 3.23. The number of carbonyl (C=O) groups is 1. The fourth-order valence-corrected chi connectivity index (χ4v) is 6.31. The fraction of sp³-hybridized carbons (Fsp3) is 0.360. The van der Waals surface area contributed by atoms with Crippen molar-refractivity contribution in [1.29, 1.82) is 0 Å². The summed E-state index contributed by atoms with van der Waals surface area (Å²) in [5.41, 5.74) is 1.27. The van der Waals surface area contributed by atoms with E-state index in [0.29, 0.717) is 36.6 Å². The Balaban J connectivity index is 1.95. The maximum atomic E-state index is 13.0. The minimum atomic E-state index is -3.60.